The summed E-state index contributed by atoms with van der Waals surface area (Å²) in [6.07, 6.45) is 4.99. The lowest BCUT2D eigenvalue weighted by Gasteiger charge is -2.42. The standard InChI is InChI=1S/C19H37N3OSi/c1-11-15(4)18(23-24(9,10)19(6,7)8)16(5)17(21-22-20)13-12-14(2)3/h11-12,16-18H,13H2,1-10H3/b15-11+/t16-,17-,18+/m0/s1. The molecular weight excluding hydrogens is 314 g/mol. The van der Waals surface area contributed by atoms with E-state index in [2.05, 4.69) is 83.7 Å². The highest BCUT2D eigenvalue weighted by Gasteiger charge is 2.41. The highest BCUT2D eigenvalue weighted by atomic mass is 28.4. The van der Waals surface area contributed by atoms with Gasteiger partial charge in [-0.25, -0.2) is 0 Å². The topological polar surface area (TPSA) is 58.0 Å². The van der Waals surface area contributed by atoms with E-state index in [0.717, 1.165) is 6.42 Å². The van der Waals surface area contributed by atoms with Crippen molar-refractivity contribution in [1.29, 1.82) is 0 Å². The summed E-state index contributed by atoms with van der Waals surface area (Å²) in [5, 5.41) is 4.22. The predicted octanol–water partition coefficient (Wildman–Crippen LogP) is 7.01. The maximum atomic E-state index is 8.98. The molecule has 24 heavy (non-hydrogen) atoms. The molecule has 0 N–H and O–H groups in total. The molecular formula is C19H37N3OSi. The fourth-order valence-electron chi connectivity index (χ4n) is 2.26. The van der Waals surface area contributed by atoms with Crippen LogP contribution in [0.5, 0.6) is 0 Å². The number of azide groups is 1. The zero-order valence-corrected chi connectivity index (χ0v) is 18.3. The quantitative estimate of drug-likeness (QED) is 0.152. The summed E-state index contributed by atoms with van der Waals surface area (Å²) < 4.78 is 6.72. The Balaban J connectivity index is 5.64. The van der Waals surface area contributed by atoms with E-state index in [0.29, 0.717) is 0 Å². The van der Waals surface area contributed by atoms with Crippen molar-refractivity contribution >= 4 is 8.32 Å². The highest BCUT2D eigenvalue weighted by Crippen LogP contribution is 2.39. The Morgan fingerprint density at radius 3 is 2.17 bits per heavy atom. The molecule has 0 radical (unpaired) electrons. The van der Waals surface area contributed by atoms with Crippen LogP contribution in [-0.4, -0.2) is 20.5 Å². The molecule has 0 rings (SSSR count). The van der Waals surface area contributed by atoms with Gasteiger partial charge < -0.3 is 4.43 Å². The van der Waals surface area contributed by atoms with Gasteiger partial charge in [-0.05, 0) is 69.3 Å². The maximum Gasteiger partial charge on any atom is 0.192 e. The normalized spacial score (nSPS) is 16.8. The van der Waals surface area contributed by atoms with Crippen LogP contribution in [-0.2, 0) is 4.43 Å². The first kappa shape index (κ1) is 23.0. The van der Waals surface area contributed by atoms with Gasteiger partial charge in [0, 0.05) is 11.0 Å². The largest absolute Gasteiger partial charge is 0.410 e. The van der Waals surface area contributed by atoms with Gasteiger partial charge in [0.25, 0.3) is 0 Å². The van der Waals surface area contributed by atoms with Crippen LogP contribution >= 0.6 is 0 Å². The lowest BCUT2D eigenvalue weighted by molar-refractivity contribution is 0.142. The van der Waals surface area contributed by atoms with Crippen LogP contribution in [0, 0.1) is 5.92 Å². The summed E-state index contributed by atoms with van der Waals surface area (Å²) in [5.74, 6) is 0.127. The molecule has 0 aliphatic carbocycles. The Hall–Kier alpha value is -1.03. The van der Waals surface area contributed by atoms with Crippen molar-refractivity contribution in [3.8, 4) is 0 Å². The summed E-state index contributed by atoms with van der Waals surface area (Å²) in [6, 6.07) is -0.102. The van der Waals surface area contributed by atoms with Gasteiger partial charge >= 0.3 is 0 Å². The average Bonchev–Trinajstić information content (AvgIpc) is 2.46. The fraction of sp³-hybridized carbons (Fsp3) is 0.789. The van der Waals surface area contributed by atoms with Crippen molar-refractivity contribution in [2.75, 3.05) is 0 Å². The first-order chi connectivity index (χ1) is 10.9. The molecule has 0 heterocycles. The van der Waals surface area contributed by atoms with Crippen molar-refractivity contribution in [2.45, 2.75) is 92.1 Å². The Morgan fingerprint density at radius 1 is 1.25 bits per heavy atom. The van der Waals surface area contributed by atoms with Crippen LogP contribution in [0.2, 0.25) is 18.1 Å². The third-order valence-electron chi connectivity index (χ3n) is 5.18. The van der Waals surface area contributed by atoms with Crippen LogP contribution in [0.1, 0.15) is 61.8 Å². The van der Waals surface area contributed by atoms with Gasteiger partial charge in [-0.1, -0.05) is 50.5 Å². The number of hydrogen-bond donors (Lipinski definition) is 0. The molecule has 0 spiro atoms. The minimum Gasteiger partial charge on any atom is -0.410 e. The first-order valence-corrected chi connectivity index (χ1v) is 11.8. The molecule has 0 fully saturated rings. The molecule has 0 saturated carbocycles. The van der Waals surface area contributed by atoms with Gasteiger partial charge in [-0.3, -0.25) is 0 Å². The van der Waals surface area contributed by atoms with Gasteiger partial charge in [0.1, 0.15) is 0 Å². The molecule has 0 aromatic heterocycles. The minimum atomic E-state index is -1.91. The molecule has 0 amide bonds. The SMILES string of the molecule is C/C=C(\C)[C@@H](O[Si](C)(C)C(C)(C)C)[C@@H](C)[C@H](CC=C(C)C)N=[N+]=[N-]. The third kappa shape index (κ3) is 6.84. The van der Waals surface area contributed by atoms with E-state index >= 15 is 0 Å². The molecule has 4 nitrogen and oxygen atoms in total. The van der Waals surface area contributed by atoms with E-state index in [9.17, 15) is 0 Å². The summed E-state index contributed by atoms with van der Waals surface area (Å²) in [4.78, 5) is 3.08. The molecule has 0 aliphatic rings. The van der Waals surface area contributed by atoms with Crippen LogP contribution in [0.25, 0.3) is 10.4 Å². The van der Waals surface area contributed by atoms with Gasteiger partial charge in [0.2, 0.25) is 0 Å². The second-order valence-electron chi connectivity index (χ2n) is 8.48. The Kier molecular flexibility index (Phi) is 9.04. The van der Waals surface area contributed by atoms with Crippen molar-refractivity contribution in [3.63, 3.8) is 0 Å². The highest BCUT2D eigenvalue weighted by molar-refractivity contribution is 6.74. The number of hydrogen-bond acceptors (Lipinski definition) is 2. The zero-order valence-electron chi connectivity index (χ0n) is 17.3. The van der Waals surface area contributed by atoms with Gasteiger partial charge in [-0.2, -0.15) is 0 Å². The van der Waals surface area contributed by atoms with E-state index in [1.54, 1.807) is 0 Å². The minimum absolute atomic E-state index is 0.0167. The van der Waals surface area contributed by atoms with E-state index in [1.165, 1.54) is 11.1 Å². The molecule has 5 heteroatoms. The van der Waals surface area contributed by atoms with Gasteiger partial charge in [-0.15, -0.1) is 0 Å². The summed E-state index contributed by atoms with van der Waals surface area (Å²) in [6.45, 7) is 21.7. The lowest BCUT2D eigenvalue weighted by Crippen LogP contribution is -2.47. The Morgan fingerprint density at radius 2 is 1.79 bits per heavy atom. The van der Waals surface area contributed by atoms with Gasteiger partial charge in [0.15, 0.2) is 8.32 Å². The maximum absolute atomic E-state index is 8.98. The second-order valence-corrected chi connectivity index (χ2v) is 13.2. The third-order valence-corrected chi connectivity index (χ3v) is 9.64. The molecule has 138 valence electrons. The molecule has 3 atom stereocenters. The van der Waals surface area contributed by atoms with E-state index in [-0.39, 0.29) is 23.1 Å². The Labute approximate surface area is 150 Å². The van der Waals surface area contributed by atoms with Crippen molar-refractivity contribution in [2.24, 2.45) is 11.0 Å². The second kappa shape index (κ2) is 9.45. The molecule has 0 saturated heterocycles. The van der Waals surface area contributed by atoms with Crippen molar-refractivity contribution in [1.82, 2.24) is 0 Å². The van der Waals surface area contributed by atoms with Gasteiger partial charge in [0.05, 0.1) is 6.10 Å². The molecule has 0 unspecified atom stereocenters. The molecule has 0 bridgehead atoms. The Bertz CT molecular complexity index is 507. The monoisotopic (exact) mass is 351 g/mol. The number of rotatable bonds is 8. The number of allylic oxidation sites excluding steroid dienone is 2. The summed E-state index contributed by atoms with van der Waals surface area (Å²) in [5.41, 5.74) is 11.4. The van der Waals surface area contributed by atoms with Crippen molar-refractivity contribution in [3.05, 3.63) is 33.7 Å². The molecule has 0 aliphatic heterocycles. The summed E-state index contributed by atoms with van der Waals surface area (Å²) >= 11 is 0. The predicted molar refractivity (Wildman–Crippen MR) is 108 cm³/mol. The van der Waals surface area contributed by atoms with Crippen molar-refractivity contribution < 1.29 is 4.43 Å². The summed E-state index contributed by atoms with van der Waals surface area (Å²) in [7, 11) is -1.91. The fourth-order valence-corrected chi connectivity index (χ4v) is 3.65. The van der Waals surface area contributed by atoms with Crippen LogP contribution in [0.4, 0.5) is 0 Å². The van der Waals surface area contributed by atoms with E-state index in [4.69, 9.17) is 9.96 Å². The van der Waals surface area contributed by atoms with E-state index in [1.807, 2.05) is 6.92 Å². The lowest BCUT2D eigenvalue weighted by atomic mass is 9.89. The van der Waals surface area contributed by atoms with E-state index < -0.39 is 8.32 Å². The molecule has 0 aromatic carbocycles. The van der Waals surface area contributed by atoms with Crippen LogP contribution < -0.4 is 0 Å². The van der Waals surface area contributed by atoms with Crippen LogP contribution in [0.3, 0.4) is 0 Å². The molecule has 0 aromatic rings. The number of nitrogens with zero attached hydrogens (tertiary/aromatic N) is 3. The first-order valence-electron chi connectivity index (χ1n) is 8.85. The zero-order chi connectivity index (χ0) is 19.1. The average molecular weight is 352 g/mol. The smallest absolute Gasteiger partial charge is 0.192 e. The van der Waals surface area contributed by atoms with Crippen LogP contribution in [0.15, 0.2) is 28.4 Å².